The van der Waals surface area contributed by atoms with Crippen LogP contribution in [-0.2, 0) is 0 Å². The molecule has 1 amide bonds. The molecule has 0 aliphatic heterocycles. The Labute approximate surface area is 131 Å². The van der Waals surface area contributed by atoms with Crippen molar-refractivity contribution in [3.63, 3.8) is 0 Å². The van der Waals surface area contributed by atoms with Crippen molar-refractivity contribution in [3.05, 3.63) is 46.8 Å². The summed E-state index contributed by atoms with van der Waals surface area (Å²) < 4.78 is 29.2. The predicted molar refractivity (Wildman–Crippen MR) is 81.3 cm³/mol. The van der Waals surface area contributed by atoms with E-state index < -0.39 is 12.5 Å². The van der Waals surface area contributed by atoms with E-state index in [9.17, 15) is 18.4 Å². The Morgan fingerprint density at radius 2 is 1.87 bits per heavy atom. The van der Waals surface area contributed by atoms with Crippen LogP contribution in [0.1, 0.15) is 39.0 Å². The summed E-state index contributed by atoms with van der Waals surface area (Å²) in [6.07, 6.45) is 0. The first kappa shape index (κ1) is 16.7. The van der Waals surface area contributed by atoms with Crippen molar-refractivity contribution in [1.29, 1.82) is 0 Å². The number of para-hydroxylation sites is 2. The van der Waals surface area contributed by atoms with Crippen molar-refractivity contribution in [1.82, 2.24) is 4.98 Å². The lowest BCUT2D eigenvalue weighted by atomic mass is 10.1. The predicted octanol–water partition coefficient (Wildman–Crippen LogP) is 3.69. The van der Waals surface area contributed by atoms with E-state index >= 15 is 0 Å². The maximum Gasteiger partial charge on any atom is 0.387 e. The van der Waals surface area contributed by atoms with Crippen molar-refractivity contribution >= 4 is 17.4 Å². The van der Waals surface area contributed by atoms with Gasteiger partial charge in [0.15, 0.2) is 5.78 Å². The molecule has 1 aromatic carbocycles. The van der Waals surface area contributed by atoms with Crippen LogP contribution in [-0.4, -0.2) is 23.3 Å². The molecule has 0 unspecified atom stereocenters. The molecule has 0 fully saturated rings. The molecule has 0 aliphatic rings. The van der Waals surface area contributed by atoms with Gasteiger partial charge in [-0.2, -0.15) is 8.78 Å². The van der Waals surface area contributed by atoms with E-state index in [0.29, 0.717) is 16.8 Å². The largest absolute Gasteiger partial charge is 0.433 e. The first-order chi connectivity index (χ1) is 10.8. The van der Waals surface area contributed by atoms with Gasteiger partial charge in [-0.25, -0.2) is 0 Å². The van der Waals surface area contributed by atoms with Crippen LogP contribution in [0.4, 0.5) is 14.5 Å². The van der Waals surface area contributed by atoms with E-state index in [1.807, 2.05) is 0 Å². The molecule has 2 rings (SSSR count). The van der Waals surface area contributed by atoms with Gasteiger partial charge in [0.1, 0.15) is 11.4 Å². The lowest BCUT2D eigenvalue weighted by Gasteiger charge is -2.11. The minimum atomic E-state index is -2.99. The molecule has 0 atom stereocenters. The highest BCUT2D eigenvalue weighted by molar-refractivity contribution is 6.08. The van der Waals surface area contributed by atoms with Gasteiger partial charge in [-0.3, -0.25) is 9.59 Å². The van der Waals surface area contributed by atoms with Crippen LogP contribution >= 0.6 is 0 Å². The molecule has 0 aliphatic carbocycles. The number of aromatic nitrogens is 1. The molecule has 0 saturated carbocycles. The average Bonchev–Trinajstić information content (AvgIpc) is 2.75. The SMILES string of the molecule is CC(=O)c1c(C)[nH]c(C(=O)Nc2ccccc2OC(F)F)c1C. The summed E-state index contributed by atoms with van der Waals surface area (Å²) in [5.41, 5.74) is 1.87. The Balaban J connectivity index is 2.30. The van der Waals surface area contributed by atoms with E-state index in [1.54, 1.807) is 19.9 Å². The molecule has 7 heteroatoms. The highest BCUT2D eigenvalue weighted by Gasteiger charge is 2.21. The molecule has 2 N–H and O–H groups in total. The van der Waals surface area contributed by atoms with Crippen molar-refractivity contribution in [3.8, 4) is 5.75 Å². The maximum absolute atomic E-state index is 12.4. The van der Waals surface area contributed by atoms with E-state index in [-0.39, 0.29) is 22.9 Å². The summed E-state index contributed by atoms with van der Waals surface area (Å²) in [6.45, 7) is 1.76. The minimum Gasteiger partial charge on any atom is -0.433 e. The number of rotatable bonds is 5. The van der Waals surface area contributed by atoms with Gasteiger partial charge in [0.2, 0.25) is 0 Å². The van der Waals surface area contributed by atoms with Gasteiger partial charge in [-0.15, -0.1) is 0 Å². The van der Waals surface area contributed by atoms with Gasteiger partial charge in [0, 0.05) is 11.3 Å². The molecule has 5 nitrogen and oxygen atoms in total. The molecule has 1 heterocycles. The second kappa shape index (κ2) is 6.60. The molecule has 0 radical (unpaired) electrons. The van der Waals surface area contributed by atoms with Crippen molar-refractivity contribution < 1.29 is 23.1 Å². The number of amides is 1. The molecule has 0 bridgehead atoms. The summed E-state index contributed by atoms with van der Waals surface area (Å²) in [7, 11) is 0. The molecule has 0 saturated heterocycles. The molecule has 0 spiro atoms. The van der Waals surface area contributed by atoms with Gasteiger partial charge < -0.3 is 15.0 Å². The van der Waals surface area contributed by atoms with Crippen LogP contribution in [0, 0.1) is 13.8 Å². The zero-order chi connectivity index (χ0) is 17.1. The van der Waals surface area contributed by atoms with Crippen LogP contribution in [0.25, 0.3) is 0 Å². The van der Waals surface area contributed by atoms with Crippen molar-refractivity contribution in [2.24, 2.45) is 0 Å². The van der Waals surface area contributed by atoms with Crippen LogP contribution in [0.5, 0.6) is 5.75 Å². The molecule has 1 aromatic heterocycles. The number of aromatic amines is 1. The summed E-state index contributed by atoms with van der Waals surface area (Å²) in [4.78, 5) is 26.8. The summed E-state index contributed by atoms with van der Waals surface area (Å²) in [5, 5.41) is 2.51. The smallest absolute Gasteiger partial charge is 0.387 e. The molecule has 122 valence electrons. The second-order valence-corrected chi connectivity index (χ2v) is 5.01. The normalized spacial score (nSPS) is 10.7. The number of anilines is 1. The Hall–Kier alpha value is -2.70. The number of carbonyl (C=O) groups excluding carboxylic acids is 2. The number of alkyl halides is 2. The van der Waals surface area contributed by atoms with E-state index in [0.717, 1.165) is 0 Å². The van der Waals surface area contributed by atoms with E-state index in [4.69, 9.17) is 0 Å². The second-order valence-electron chi connectivity index (χ2n) is 5.01. The lowest BCUT2D eigenvalue weighted by molar-refractivity contribution is -0.0493. The summed E-state index contributed by atoms with van der Waals surface area (Å²) in [5.74, 6) is -0.830. The zero-order valence-electron chi connectivity index (χ0n) is 12.9. The Kier molecular flexibility index (Phi) is 4.78. The average molecular weight is 322 g/mol. The maximum atomic E-state index is 12.4. The highest BCUT2D eigenvalue weighted by Crippen LogP contribution is 2.27. The molecular weight excluding hydrogens is 306 g/mol. The van der Waals surface area contributed by atoms with E-state index in [2.05, 4.69) is 15.0 Å². The van der Waals surface area contributed by atoms with Gasteiger partial charge in [-0.1, -0.05) is 12.1 Å². The van der Waals surface area contributed by atoms with Crippen molar-refractivity contribution in [2.75, 3.05) is 5.32 Å². The number of hydrogen-bond acceptors (Lipinski definition) is 3. The topological polar surface area (TPSA) is 71.2 Å². The lowest BCUT2D eigenvalue weighted by Crippen LogP contribution is -2.15. The van der Waals surface area contributed by atoms with Gasteiger partial charge in [0.05, 0.1) is 5.69 Å². The number of halogens is 2. The van der Waals surface area contributed by atoms with E-state index in [1.165, 1.54) is 25.1 Å². The van der Waals surface area contributed by atoms with Crippen molar-refractivity contribution in [2.45, 2.75) is 27.4 Å². The summed E-state index contributed by atoms with van der Waals surface area (Å²) in [6, 6.07) is 5.88. The minimum absolute atomic E-state index is 0.119. The van der Waals surface area contributed by atoms with Gasteiger partial charge >= 0.3 is 6.61 Å². The number of ether oxygens (including phenoxy) is 1. The van der Waals surface area contributed by atoms with Crippen LogP contribution in [0.15, 0.2) is 24.3 Å². The monoisotopic (exact) mass is 322 g/mol. The standard InChI is InChI=1S/C16H16F2N2O3/c1-8-13(10(3)21)9(2)19-14(8)15(22)20-11-6-4-5-7-12(11)23-16(17)18/h4-7,16,19H,1-3H3,(H,20,22). The quantitative estimate of drug-likeness (QED) is 0.825. The third-order valence-corrected chi connectivity index (χ3v) is 3.37. The number of H-pyrrole nitrogens is 1. The molecule has 23 heavy (non-hydrogen) atoms. The Morgan fingerprint density at radius 3 is 2.43 bits per heavy atom. The van der Waals surface area contributed by atoms with Crippen LogP contribution in [0.2, 0.25) is 0 Å². The van der Waals surface area contributed by atoms with Crippen LogP contribution < -0.4 is 10.1 Å². The number of nitrogens with one attached hydrogen (secondary N) is 2. The van der Waals surface area contributed by atoms with Gasteiger partial charge in [0.25, 0.3) is 5.91 Å². The number of ketones is 1. The summed E-state index contributed by atoms with van der Waals surface area (Å²) >= 11 is 0. The zero-order valence-corrected chi connectivity index (χ0v) is 12.9. The number of Topliss-reactive ketones (excluding diaryl/α,β-unsaturated/α-hetero) is 1. The fraction of sp³-hybridized carbons (Fsp3) is 0.250. The Morgan fingerprint density at radius 1 is 1.22 bits per heavy atom. The third-order valence-electron chi connectivity index (χ3n) is 3.37. The number of hydrogen-bond donors (Lipinski definition) is 2. The fourth-order valence-electron chi connectivity index (χ4n) is 2.46. The highest BCUT2D eigenvalue weighted by atomic mass is 19.3. The number of benzene rings is 1. The fourth-order valence-corrected chi connectivity index (χ4v) is 2.46. The first-order valence-corrected chi connectivity index (χ1v) is 6.86. The van der Waals surface area contributed by atoms with Gasteiger partial charge in [-0.05, 0) is 38.5 Å². The first-order valence-electron chi connectivity index (χ1n) is 6.86. The third kappa shape index (κ3) is 3.56. The Bertz CT molecular complexity index is 754. The molecule has 2 aromatic rings. The number of aryl methyl sites for hydroxylation is 1. The molecular formula is C16H16F2N2O3. The van der Waals surface area contributed by atoms with Crippen LogP contribution in [0.3, 0.4) is 0 Å². The number of carbonyl (C=O) groups is 2.